The summed E-state index contributed by atoms with van der Waals surface area (Å²) in [7, 11) is 1.41. The van der Waals surface area contributed by atoms with E-state index < -0.39 is 47.3 Å². The van der Waals surface area contributed by atoms with Crippen molar-refractivity contribution in [3.8, 4) is 28.5 Å². The number of aliphatic hydroxyl groups is 1. The Bertz CT molecular complexity index is 1500. The molecule has 1 fully saturated rings. The summed E-state index contributed by atoms with van der Waals surface area (Å²) in [4.78, 5) is 17.3. The summed E-state index contributed by atoms with van der Waals surface area (Å²) in [6.07, 6.45) is -4.82. The molecule has 5 rings (SSSR count). The Morgan fingerprint density at radius 3 is 2.49 bits per heavy atom. The van der Waals surface area contributed by atoms with Gasteiger partial charge in [0, 0.05) is 28.5 Å². The number of fused-ring (bicyclic) bond motifs is 1. The first-order chi connectivity index (χ1) is 19.2. The molecule has 6 nitrogen and oxygen atoms in total. The van der Waals surface area contributed by atoms with Gasteiger partial charge in [-0.2, -0.15) is 13.2 Å². The molecule has 2 aromatic carbocycles. The average molecular weight is 574 g/mol. The Hall–Kier alpha value is -3.66. The molecule has 1 saturated carbocycles. The highest BCUT2D eigenvalue weighted by molar-refractivity contribution is 5.96. The molecule has 1 N–H and O–H groups in total. The van der Waals surface area contributed by atoms with Crippen molar-refractivity contribution in [1.82, 2.24) is 4.98 Å². The first-order valence-corrected chi connectivity index (χ1v) is 13.4. The van der Waals surface area contributed by atoms with E-state index in [9.17, 15) is 27.5 Å². The predicted octanol–water partition coefficient (Wildman–Crippen LogP) is 6.83. The van der Waals surface area contributed by atoms with Gasteiger partial charge in [-0.25, -0.2) is 9.37 Å². The predicted molar refractivity (Wildman–Crippen MR) is 143 cm³/mol. The first-order valence-electron chi connectivity index (χ1n) is 13.4. The minimum atomic E-state index is -5.16. The Labute approximate surface area is 235 Å². The number of halogens is 4. The zero-order chi connectivity index (χ0) is 29.7. The number of ether oxygens (including phenoxy) is 3. The molecule has 1 aromatic heterocycles. The fourth-order valence-corrected chi connectivity index (χ4v) is 4.87. The van der Waals surface area contributed by atoms with E-state index in [1.165, 1.54) is 50.4 Å². The Morgan fingerprint density at radius 2 is 1.85 bits per heavy atom. The molecule has 41 heavy (non-hydrogen) atoms. The largest absolute Gasteiger partial charge is 0.493 e. The van der Waals surface area contributed by atoms with Crippen molar-refractivity contribution in [3.05, 3.63) is 70.7 Å². The summed E-state index contributed by atoms with van der Waals surface area (Å²) in [6, 6.07) is 9.73. The fraction of sp³-hybridized carbons (Fsp3) is 0.419. The third-order valence-corrected chi connectivity index (χ3v) is 7.62. The highest BCUT2D eigenvalue weighted by Gasteiger charge is 2.56. The van der Waals surface area contributed by atoms with Crippen LogP contribution in [-0.2, 0) is 11.0 Å². The molecule has 218 valence electrons. The minimum Gasteiger partial charge on any atom is -0.493 e. The number of pyridine rings is 1. The Morgan fingerprint density at radius 1 is 1.12 bits per heavy atom. The zero-order valence-electron chi connectivity index (χ0n) is 23.2. The van der Waals surface area contributed by atoms with E-state index in [1.54, 1.807) is 6.07 Å². The standard InChI is InChI=1S/C31H31F4NO5/c1-17-13-19(5-9-22(17)32)27-28-21(29(2,3)16-40-28)15-26(36-27)30(38,31(33,34)35)12-11-23(37)18-6-10-24(25(14-18)39-4)41-20-7-8-20/h5-6,9-10,13-15,20,38H,7-8,11-12,16H2,1-4H3/t30-/m0/s1. The second kappa shape index (κ2) is 10.3. The zero-order valence-corrected chi connectivity index (χ0v) is 23.2. The van der Waals surface area contributed by atoms with Crippen LogP contribution in [-0.4, -0.2) is 41.9 Å². The van der Waals surface area contributed by atoms with Crippen LogP contribution in [0.15, 0.2) is 42.5 Å². The quantitative estimate of drug-likeness (QED) is 0.223. The number of rotatable bonds is 9. The number of benzene rings is 2. The molecule has 0 saturated heterocycles. The lowest BCUT2D eigenvalue weighted by molar-refractivity contribution is -0.270. The van der Waals surface area contributed by atoms with Crippen molar-refractivity contribution in [3.63, 3.8) is 0 Å². The van der Waals surface area contributed by atoms with E-state index >= 15 is 0 Å². The summed E-state index contributed by atoms with van der Waals surface area (Å²) in [5, 5.41) is 11.3. The van der Waals surface area contributed by atoms with Gasteiger partial charge < -0.3 is 19.3 Å². The van der Waals surface area contributed by atoms with Crippen LogP contribution in [0.2, 0.25) is 0 Å². The first kappa shape index (κ1) is 28.9. The van der Waals surface area contributed by atoms with Crippen molar-refractivity contribution in [2.45, 2.75) is 69.8 Å². The molecule has 0 radical (unpaired) electrons. The number of nitrogens with zero attached hydrogens (tertiary/aromatic N) is 1. The summed E-state index contributed by atoms with van der Waals surface area (Å²) < 4.78 is 74.8. The van der Waals surface area contributed by atoms with Crippen LogP contribution in [0.1, 0.15) is 66.7 Å². The van der Waals surface area contributed by atoms with Crippen molar-refractivity contribution >= 4 is 5.78 Å². The molecule has 0 spiro atoms. The number of alkyl halides is 3. The second-order valence-electron chi connectivity index (χ2n) is 11.3. The molecular formula is C31H31F4NO5. The van der Waals surface area contributed by atoms with Crippen LogP contribution < -0.4 is 14.2 Å². The monoisotopic (exact) mass is 573 g/mol. The second-order valence-corrected chi connectivity index (χ2v) is 11.3. The van der Waals surface area contributed by atoms with Crippen LogP contribution in [0.25, 0.3) is 11.3 Å². The lowest BCUT2D eigenvalue weighted by Gasteiger charge is -2.31. The number of methoxy groups -OCH3 is 1. The number of ketones is 1. The maximum atomic E-state index is 14.6. The lowest BCUT2D eigenvalue weighted by Crippen LogP contribution is -2.43. The molecule has 1 aliphatic carbocycles. The van der Waals surface area contributed by atoms with Gasteiger partial charge in [0.1, 0.15) is 17.3 Å². The normalized spacial score (nSPS) is 17.4. The summed E-state index contributed by atoms with van der Waals surface area (Å²) in [6.45, 7) is 5.34. The minimum absolute atomic E-state index is 0.0659. The molecule has 1 atom stereocenters. The Balaban J connectivity index is 1.51. The average Bonchev–Trinajstić information content (AvgIpc) is 3.69. The van der Waals surface area contributed by atoms with Gasteiger partial charge in [-0.3, -0.25) is 4.79 Å². The van der Waals surface area contributed by atoms with E-state index in [2.05, 4.69) is 4.98 Å². The van der Waals surface area contributed by atoms with Gasteiger partial charge in [-0.05, 0) is 74.2 Å². The van der Waals surface area contributed by atoms with Gasteiger partial charge >= 0.3 is 6.18 Å². The summed E-state index contributed by atoms with van der Waals surface area (Å²) in [5.74, 6) is -0.0457. The van der Waals surface area contributed by atoms with E-state index in [-0.39, 0.29) is 35.3 Å². The number of carbonyl (C=O) groups is 1. The highest BCUT2D eigenvalue weighted by Crippen LogP contribution is 2.49. The van der Waals surface area contributed by atoms with E-state index in [0.717, 1.165) is 12.8 Å². The van der Waals surface area contributed by atoms with Crippen LogP contribution in [0.5, 0.6) is 17.2 Å². The van der Waals surface area contributed by atoms with Crippen molar-refractivity contribution < 1.29 is 41.7 Å². The Kier molecular flexibility index (Phi) is 7.26. The number of hydrogen-bond donors (Lipinski definition) is 1. The van der Waals surface area contributed by atoms with Gasteiger partial charge in [0.05, 0.1) is 25.5 Å². The molecule has 2 heterocycles. The molecule has 2 aliphatic rings. The lowest BCUT2D eigenvalue weighted by atomic mass is 9.83. The van der Waals surface area contributed by atoms with E-state index in [0.29, 0.717) is 22.6 Å². The van der Waals surface area contributed by atoms with Crippen molar-refractivity contribution in [2.24, 2.45) is 0 Å². The van der Waals surface area contributed by atoms with Gasteiger partial charge in [-0.1, -0.05) is 13.8 Å². The SMILES string of the molecule is COc1cc(C(=O)CC[C@](O)(c2cc3c(c(-c4ccc(F)c(C)c4)n2)OCC3(C)C)C(F)(F)F)ccc1OC1CC1. The van der Waals surface area contributed by atoms with Gasteiger partial charge in [0.15, 0.2) is 17.3 Å². The van der Waals surface area contributed by atoms with Crippen LogP contribution in [0, 0.1) is 12.7 Å². The molecule has 3 aromatic rings. The number of Topliss-reactive ketones (excluding diaryl/α,β-unsaturated/α-hetero) is 1. The van der Waals surface area contributed by atoms with E-state index in [1.807, 2.05) is 13.8 Å². The van der Waals surface area contributed by atoms with Crippen LogP contribution >= 0.6 is 0 Å². The molecule has 0 bridgehead atoms. The molecule has 10 heteroatoms. The topological polar surface area (TPSA) is 77.9 Å². The molecular weight excluding hydrogens is 542 g/mol. The third-order valence-electron chi connectivity index (χ3n) is 7.62. The fourth-order valence-electron chi connectivity index (χ4n) is 4.87. The van der Waals surface area contributed by atoms with Crippen LogP contribution in [0.4, 0.5) is 17.6 Å². The van der Waals surface area contributed by atoms with Gasteiger partial charge in [-0.15, -0.1) is 0 Å². The molecule has 0 unspecified atom stereocenters. The van der Waals surface area contributed by atoms with Gasteiger partial charge in [0.25, 0.3) is 0 Å². The van der Waals surface area contributed by atoms with Gasteiger partial charge in [0.2, 0.25) is 5.60 Å². The smallest absolute Gasteiger partial charge is 0.422 e. The summed E-state index contributed by atoms with van der Waals surface area (Å²) >= 11 is 0. The van der Waals surface area contributed by atoms with E-state index in [4.69, 9.17) is 14.2 Å². The maximum Gasteiger partial charge on any atom is 0.422 e. The number of aromatic nitrogens is 1. The molecule has 1 aliphatic heterocycles. The highest BCUT2D eigenvalue weighted by atomic mass is 19.4. The maximum absolute atomic E-state index is 14.6. The number of carbonyl (C=O) groups excluding carboxylic acids is 1. The number of aryl methyl sites for hydroxylation is 1. The van der Waals surface area contributed by atoms with Crippen molar-refractivity contribution in [1.29, 1.82) is 0 Å². The third kappa shape index (κ3) is 5.49. The van der Waals surface area contributed by atoms with Crippen LogP contribution in [0.3, 0.4) is 0 Å². The number of hydrogen-bond acceptors (Lipinski definition) is 6. The summed E-state index contributed by atoms with van der Waals surface area (Å²) in [5.41, 5.74) is -3.52. The molecule has 0 amide bonds. The van der Waals surface area contributed by atoms with Crippen molar-refractivity contribution in [2.75, 3.05) is 13.7 Å².